The average Bonchev–Trinajstić information content (AvgIpc) is 2.27. The van der Waals surface area contributed by atoms with E-state index in [0.717, 1.165) is 6.07 Å². The molecule has 0 bridgehead atoms. The van der Waals surface area contributed by atoms with E-state index in [9.17, 15) is 18.3 Å². The summed E-state index contributed by atoms with van der Waals surface area (Å²) in [6.45, 7) is 1.24. The van der Waals surface area contributed by atoms with Crippen LogP contribution < -0.4 is 4.74 Å². The molecule has 0 spiro atoms. The van der Waals surface area contributed by atoms with Gasteiger partial charge in [-0.05, 0) is 31.0 Å². The highest BCUT2D eigenvalue weighted by molar-refractivity contribution is 6.32. The number of alkyl halides is 3. The smallest absolute Gasteiger partial charge is 0.404 e. The fourth-order valence-corrected chi connectivity index (χ4v) is 1.72. The summed E-state index contributed by atoms with van der Waals surface area (Å²) in [5, 5.41) is 18.3. The first kappa shape index (κ1) is 16.1. The van der Waals surface area contributed by atoms with E-state index in [1.807, 2.05) is 0 Å². The summed E-state index contributed by atoms with van der Waals surface area (Å²) in [4.78, 5) is 0. The van der Waals surface area contributed by atoms with Gasteiger partial charge in [0.15, 0.2) is 0 Å². The first-order chi connectivity index (χ1) is 8.73. The zero-order valence-electron chi connectivity index (χ0n) is 10.1. The Morgan fingerprint density at radius 3 is 2.47 bits per heavy atom. The Balaban J connectivity index is 2.89. The van der Waals surface area contributed by atoms with Gasteiger partial charge in [-0.15, -0.1) is 13.2 Å². The van der Waals surface area contributed by atoms with Crippen molar-refractivity contribution in [1.29, 1.82) is 0 Å². The third-order valence-corrected chi connectivity index (χ3v) is 2.95. The van der Waals surface area contributed by atoms with Crippen molar-refractivity contribution in [3.63, 3.8) is 0 Å². The molecule has 0 fully saturated rings. The van der Waals surface area contributed by atoms with E-state index >= 15 is 0 Å². The fraction of sp³-hybridized carbons (Fsp3) is 0.500. The molecule has 0 heterocycles. The normalized spacial score (nSPS) is 15.1. The van der Waals surface area contributed by atoms with Crippen LogP contribution in [0.2, 0.25) is 5.02 Å². The van der Waals surface area contributed by atoms with Crippen LogP contribution in [0, 0.1) is 5.92 Å². The van der Waals surface area contributed by atoms with Crippen LogP contribution in [0.25, 0.3) is 0 Å². The largest absolute Gasteiger partial charge is 0.573 e. The van der Waals surface area contributed by atoms with Gasteiger partial charge in [0.1, 0.15) is 5.75 Å². The molecule has 0 aliphatic carbocycles. The molecule has 0 aliphatic rings. The highest BCUT2D eigenvalue weighted by atomic mass is 35.5. The molecule has 0 radical (unpaired) electrons. The van der Waals surface area contributed by atoms with Gasteiger partial charge in [-0.25, -0.2) is 0 Å². The molecule has 0 amide bonds. The molecule has 2 unspecified atom stereocenters. The van der Waals surface area contributed by atoms with Crippen LogP contribution in [0.4, 0.5) is 13.2 Å². The van der Waals surface area contributed by atoms with Crippen molar-refractivity contribution in [2.75, 3.05) is 6.61 Å². The standard InChI is InChI=1S/C12H14ClF3O3/c1-7(18)9(6-17)4-8-2-3-10(13)11(5-8)19-12(14,15)16/h2-3,5,7,9,17-18H,4,6H2,1H3. The van der Waals surface area contributed by atoms with Crippen LogP contribution >= 0.6 is 11.6 Å². The predicted molar refractivity (Wildman–Crippen MR) is 64.1 cm³/mol. The SMILES string of the molecule is CC(O)C(CO)Cc1ccc(Cl)c(OC(F)(F)F)c1. The van der Waals surface area contributed by atoms with Crippen molar-refractivity contribution in [2.24, 2.45) is 5.92 Å². The molecule has 108 valence electrons. The zero-order valence-corrected chi connectivity index (χ0v) is 10.9. The molecule has 1 rings (SSSR count). The summed E-state index contributed by atoms with van der Waals surface area (Å²) in [7, 11) is 0. The molecule has 7 heteroatoms. The quantitative estimate of drug-likeness (QED) is 0.879. The molecular weight excluding hydrogens is 285 g/mol. The van der Waals surface area contributed by atoms with E-state index in [2.05, 4.69) is 4.74 Å². The van der Waals surface area contributed by atoms with Crippen LogP contribution in [0.3, 0.4) is 0 Å². The number of aliphatic hydroxyl groups is 2. The minimum Gasteiger partial charge on any atom is -0.404 e. The molecule has 1 aromatic rings. The highest BCUT2D eigenvalue weighted by Gasteiger charge is 2.32. The van der Waals surface area contributed by atoms with Gasteiger partial charge < -0.3 is 14.9 Å². The molecule has 19 heavy (non-hydrogen) atoms. The van der Waals surface area contributed by atoms with Gasteiger partial charge in [0.05, 0.1) is 11.1 Å². The number of rotatable bonds is 5. The van der Waals surface area contributed by atoms with Crippen molar-refractivity contribution in [3.8, 4) is 5.75 Å². The maximum Gasteiger partial charge on any atom is 0.573 e. The Morgan fingerprint density at radius 1 is 1.37 bits per heavy atom. The van der Waals surface area contributed by atoms with E-state index in [-0.39, 0.29) is 18.1 Å². The van der Waals surface area contributed by atoms with Gasteiger partial charge in [0.25, 0.3) is 0 Å². The van der Waals surface area contributed by atoms with Gasteiger partial charge in [0, 0.05) is 12.5 Å². The Bertz CT molecular complexity index is 421. The molecule has 3 nitrogen and oxygen atoms in total. The van der Waals surface area contributed by atoms with Crippen LogP contribution in [-0.4, -0.2) is 29.3 Å². The van der Waals surface area contributed by atoms with Crippen LogP contribution in [0.15, 0.2) is 18.2 Å². The molecule has 1 aromatic carbocycles. The summed E-state index contributed by atoms with van der Waals surface area (Å²) in [6.07, 6.45) is -5.37. The lowest BCUT2D eigenvalue weighted by Gasteiger charge is -2.18. The second-order valence-corrected chi connectivity index (χ2v) is 4.61. The van der Waals surface area contributed by atoms with Crippen molar-refractivity contribution < 1.29 is 28.1 Å². The summed E-state index contributed by atoms with van der Waals surface area (Å²) >= 11 is 5.61. The first-order valence-corrected chi connectivity index (χ1v) is 5.94. The fourth-order valence-electron chi connectivity index (χ4n) is 1.57. The van der Waals surface area contributed by atoms with Crippen molar-refractivity contribution in [1.82, 2.24) is 0 Å². The maximum atomic E-state index is 12.1. The lowest BCUT2D eigenvalue weighted by Crippen LogP contribution is -2.23. The van der Waals surface area contributed by atoms with Crippen LogP contribution in [-0.2, 0) is 6.42 Å². The molecule has 0 aromatic heterocycles. The van der Waals surface area contributed by atoms with Crippen LogP contribution in [0.5, 0.6) is 5.75 Å². The molecule has 0 aliphatic heterocycles. The third-order valence-electron chi connectivity index (χ3n) is 2.64. The van der Waals surface area contributed by atoms with Gasteiger partial charge in [-0.1, -0.05) is 17.7 Å². The topological polar surface area (TPSA) is 49.7 Å². The summed E-state index contributed by atoms with van der Waals surface area (Å²) in [6, 6.07) is 3.96. The second kappa shape index (κ2) is 6.45. The average molecular weight is 299 g/mol. The number of halogens is 4. The van der Waals surface area contributed by atoms with Gasteiger partial charge >= 0.3 is 6.36 Å². The van der Waals surface area contributed by atoms with Crippen molar-refractivity contribution in [2.45, 2.75) is 25.8 Å². The summed E-state index contributed by atoms with van der Waals surface area (Å²) in [5.74, 6) is -0.950. The lowest BCUT2D eigenvalue weighted by atomic mass is 9.95. The summed E-state index contributed by atoms with van der Waals surface area (Å²) < 4.78 is 40.2. The number of ether oxygens (including phenoxy) is 1. The number of hydrogen-bond donors (Lipinski definition) is 2. The van der Waals surface area contributed by atoms with Crippen LogP contribution in [0.1, 0.15) is 12.5 Å². The van der Waals surface area contributed by atoms with Gasteiger partial charge in [-0.3, -0.25) is 0 Å². The van der Waals surface area contributed by atoms with Crippen molar-refractivity contribution >= 4 is 11.6 Å². The summed E-state index contributed by atoms with van der Waals surface area (Å²) in [5.41, 5.74) is 0.489. The highest BCUT2D eigenvalue weighted by Crippen LogP contribution is 2.31. The van der Waals surface area contributed by atoms with E-state index in [1.54, 1.807) is 0 Å². The van der Waals surface area contributed by atoms with E-state index in [1.165, 1.54) is 19.1 Å². The van der Waals surface area contributed by atoms with Gasteiger partial charge in [0.2, 0.25) is 0 Å². The minimum absolute atomic E-state index is 0.154. The number of aliphatic hydroxyl groups excluding tert-OH is 2. The first-order valence-electron chi connectivity index (χ1n) is 5.56. The predicted octanol–water partition coefficient (Wildman–Crippen LogP) is 2.77. The second-order valence-electron chi connectivity index (χ2n) is 4.20. The molecule has 2 atom stereocenters. The lowest BCUT2D eigenvalue weighted by molar-refractivity contribution is -0.274. The monoisotopic (exact) mass is 298 g/mol. The maximum absolute atomic E-state index is 12.1. The number of hydrogen-bond acceptors (Lipinski definition) is 3. The number of benzene rings is 1. The third kappa shape index (κ3) is 5.26. The Labute approximate surface area is 113 Å². The van der Waals surface area contributed by atoms with E-state index < -0.39 is 24.1 Å². The molecule has 0 saturated carbocycles. The Kier molecular flexibility index (Phi) is 5.46. The molecular formula is C12H14ClF3O3. The molecule has 0 saturated heterocycles. The van der Waals surface area contributed by atoms with Gasteiger partial charge in [-0.2, -0.15) is 0 Å². The molecule has 2 N–H and O–H groups in total. The van der Waals surface area contributed by atoms with E-state index in [0.29, 0.717) is 5.56 Å². The van der Waals surface area contributed by atoms with E-state index in [4.69, 9.17) is 16.7 Å². The zero-order chi connectivity index (χ0) is 14.6. The van der Waals surface area contributed by atoms with Crippen molar-refractivity contribution in [3.05, 3.63) is 28.8 Å². The minimum atomic E-state index is -4.82. The Morgan fingerprint density at radius 2 is 2.00 bits per heavy atom. The Hall–Kier alpha value is -0.980.